The van der Waals surface area contributed by atoms with Gasteiger partial charge in [-0.1, -0.05) is 11.6 Å². The van der Waals surface area contributed by atoms with Crippen molar-refractivity contribution in [3.05, 3.63) is 0 Å². The van der Waals surface area contributed by atoms with Gasteiger partial charge in [0.1, 0.15) is 0 Å². The highest BCUT2D eigenvalue weighted by Gasteiger charge is 2.93. The van der Waals surface area contributed by atoms with Crippen molar-refractivity contribution in [3.63, 3.8) is 0 Å². The van der Waals surface area contributed by atoms with Gasteiger partial charge < -0.3 is 5.11 Å². The summed E-state index contributed by atoms with van der Waals surface area (Å²) in [7, 11) is 0. The fourth-order valence-corrected chi connectivity index (χ4v) is 1.30. The molecule has 0 amide bonds. The molecule has 0 rings (SSSR count). The van der Waals surface area contributed by atoms with Crippen molar-refractivity contribution in [2.45, 2.75) is 40.9 Å². The predicted molar refractivity (Wildman–Crippen MR) is 48.1 cm³/mol. The Kier molecular flexibility index (Phi) is 5.36. The van der Waals surface area contributed by atoms with E-state index >= 15 is 0 Å². The Morgan fingerprint density at radius 1 is 0.600 bits per heavy atom. The Bertz CT molecular complexity index is 535. The van der Waals surface area contributed by atoms with Crippen LogP contribution in [0, 0.1) is 0 Å². The van der Waals surface area contributed by atoms with Crippen LogP contribution in [-0.4, -0.2) is 52.0 Å². The Morgan fingerprint density at radius 3 is 1.12 bits per heavy atom. The second-order valence-corrected chi connectivity index (χ2v) is 4.77. The number of aliphatic carboxylic acids is 1. The van der Waals surface area contributed by atoms with Gasteiger partial charge in [0.2, 0.25) is 0 Å². The smallest absolute Gasteiger partial charge is 0.460 e. The lowest BCUT2D eigenvalue weighted by molar-refractivity contribution is -0.433. The molecule has 17 heteroatoms. The van der Waals surface area contributed by atoms with Crippen LogP contribution in [0.5, 0.6) is 0 Å². The van der Waals surface area contributed by atoms with Crippen molar-refractivity contribution >= 4 is 17.6 Å². The third-order valence-electron chi connectivity index (χ3n) is 2.60. The maximum atomic E-state index is 13.2. The Morgan fingerprint density at radius 2 is 0.880 bits per heavy atom. The average Bonchev–Trinajstić information content (AvgIpc) is 2.35. The van der Waals surface area contributed by atoms with Crippen molar-refractivity contribution in [3.8, 4) is 0 Å². The van der Waals surface area contributed by atoms with Crippen LogP contribution in [0.3, 0.4) is 0 Å². The molecule has 150 valence electrons. The van der Waals surface area contributed by atoms with Gasteiger partial charge in [0.05, 0.1) is 0 Å². The summed E-state index contributed by atoms with van der Waals surface area (Å²) in [5, 5.41) is 0.702. The van der Waals surface area contributed by atoms with Crippen LogP contribution in [0.15, 0.2) is 0 Å². The van der Waals surface area contributed by atoms with Crippen molar-refractivity contribution in [2.75, 3.05) is 0 Å². The number of carbonyl (C=O) groups is 1. The summed E-state index contributed by atoms with van der Waals surface area (Å²) >= 11 is 3.58. The second-order valence-electron chi connectivity index (χ2n) is 4.25. The van der Waals surface area contributed by atoms with E-state index in [0.29, 0.717) is 0 Å². The van der Waals surface area contributed by atoms with Gasteiger partial charge in [0.15, 0.2) is 0 Å². The van der Waals surface area contributed by atoms with Gasteiger partial charge in [-0.05, 0) is 0 Å². The monoisotopic (exact) mass is 430 g/mol. The molecule has 0 aromatic carbocycles. The average molecular weight is 431 g/mol. The van der Waals surface area contributed by atoms with Crippen LogP contribution in [0.4, 0.5) is 61.5 Å². The third kappa shape index (κ3) is 2.85. The largest absolute Gasteiger partial charge is 0.477 e. The fourth-order valence-electron chi connectivity index (χ4n) is 1.10. The minimum absolute atomic E-state index is 3.58. The molecular formula is C8HClF14O2. The molecule has 0 aliphatic carbocycles. The number of carboxylic acid groups (broad SMARTS) is 1. The summed E-state index contributed by atoms with van der Waals surface area (Å²) in [4.78, 5) is 9.88. The zero-order valence-electron chi connectivity index (χ0n) is 10.5. The van der Waals surface area contributed by atoms with Gasteiger partial charge in [-0.25, -0.2) is 9.18 Å². The molecule has 0 spiro atoms. The van der Waals surface area contributed by atoms with E-state index in [1.165, 1.54) is 0 Å². The number of hydrogen-bond donors (Lipinski definition) is 1. The van der Waals surface area contributed by atoms with Crippen molar-refractivity contribution in [1.29, 1.82) is 0 Å². The molecule has 0 saturated carbocycles. The first-order valence-electron chi connectivity index (χ1n) is 5.01. The van der Waals surface area contributed by atoms with E-state index in [4.69, 9.17) is 5.11 Å². The second kappa shape index (κ2) is 5.64. The normalized spacial score (nSPS) is 18.0. The van der Waals surface area contributed by atoms with E-state index < -0.39 is 46.9 Å². The summed E-state index contributed by atoms with van der Waals surface area (Å²) in [6, 6.07) is 0. The highest BCUT2D eigenvalue weighted by atomic mass is 35.5. The van der Waals surface area contributed by atoms with Crippen molar-refractivity contribution < 1.29 is 71.4 Å². The number of rotatable bonds is 6. The lowest BCUT2D eigenvalue weighted by Gasteiger charge is -2.41. The van der Waals surface area contributed by atoms with Gasteiger partial charge in [0.25, 0.3) is 0 Å². The maximum Gasteiger partial charge on any atom is 0.460 e. The quantitative estimate of drug-likeness (QED) is 0.489. The topological polar surface area (TPSA) is 37.3 Å². The van der Waals surface area contributed by atoms with Gasteiger partial charge in [-0.2, -0.15) is 57.1 Å². The van der Waals surface area contributed by atoms with Gasteiger partial charge in [0, 0.05) is 0 Å². The SMILES string of the molecule is O=C(O)C(F)(F)C(F)(Cl)C(F)(F)C(F)(F)C(F)(F)C(F)(F)C(F)(F)F. The first kappa shape index (κ1) is 23.8. The van der Waals surface area contributed by atoms with Crippen LogP contribution >= 0.6 is 11.6 Å². The highest BCUT2D eigenvalue weighted by molar-refractivity contribution is 6.26. The van der Waals surface area contributed by atoms with Gasteiger partial charge in [-0.15, -0.1) is 0 Å². The molecule has 0 bridgehead atoms. The zero-order chi connectivity index (χ0) is 21.1. The standard InChI is InChI=1S/C8HClF14O2/c9-3(12,2(10,11)1(24)25)4(13,14)5(15,16)6(17,18)7(19,20)8(21,22)23/h(H,24,25). The van der Waals surface area contributed by atoms with Crippen LogP contribution in [0.2, 0.25) is 0 Å². The molecule has 0 heterocycles. The molecule has 0 aromatic heterocycles. The summed E-state index contributed by atoms with van der Waals surface area (Å²) in [5.41, 5.74) is 0. The summed E-state index contributed by atoms with van der Waals surface area (Å²) in [5.74, 6) is -43.2. The molecule has 1 unspecified atom stereocenters. The molecule has 1 atom stereocenters. The van der Waals surface area contributed by atoms with E-state index in [1.54, 1.807) is 0 Å². The van der Waals surface area contributed by atoms with E-state index in [0.717, 1.165) is 0 Å². The summed E-state index contributed by atoms with van der Waals surface area (Å²) in [6.07, 6.45) is -7.61. The molecule has 1 N–H and O–H groups in total. The lowest BCUT2D eigenvalue weighted by atomic mass is 9.92. The zero-order valence-corrected chi connectivity index (χ0v) is 11.3. The van der Waals surface area contributed by atoms with Crippen LogP contribution in [-0.2, 0) is 4.79 Å². The van der Waals surface area contributed by atoms with E-state index in [2.05, 4.69) is 11.6 Å². The maximum absolute atomic E-state index is 13.2. The summed E-state index contributed by atoms with van der Waals surface area (Å²) in [6.45, 7) is 0. The fraction of sp³-hybridized carbons (Fsp3) is 0.875. The minimum Gasteiger partial charge on any atom is -0.477 e. The third-order valence-corrected chi connectivity index (χ3v) is 3.07. The summed E-state index contributed by atoms with van der Waals surface area (Å²) < 4.78 is 176. The molecule has 0 aliphatic rings. The Hall–Kier alpha value is -1.22. The van der Waals surface area contributed by atoms with E-state index in [-0.39, 0.29) is 0 Å². The Balaban J connectivity index is 6.55. The Labute approximate surface area is 131 Å². The number of carboxylic acids is 1. The first-order valence-corrected chi connectivity index (χ1v) is 5.39. The van der Waals surface area contributed by atoms with Crippen molar-refractivity contribution in [1.82, 2.24) is 0 Å². The van der Waals surface area contributed by atoms with E-state index in [1.807, 2.05) is 0 Å². The molecule has 0 aliphatic heterocycles. The highest BCUT2D eigenvalue weighted by Crippen LogP contribution is 2.62. The minimum atomic E-state index is -8.23. The van der Waals surface area contributed by atoms with E-state index in [9.17, 15) is 66.3 Å². The number of halogens is 15. The predicted octanol–water partition coefficient (Wildman–Crippen LogP) is 4.71. The molecule has 2 nitrogen and oxygen atoms in total. The number of hydrogen-bond acceptors (Lipinski definition) is 1. The van der Waals surface area contributed by atoms with Gasteiger partial charge >= 0.3 is 46.9 Å². The van der Waals surface area contributed by atoms with Crippen LogP contribution < -0.4 is 0 Å². The molecule has 25 heavy (non-hydrogen) atoms. The molecule has 0 saturated heterocycles. The number of alkyl halides is 15. The lowest BCUT2D eigenvalue weighted by Crippen LogP contribution is -2.73. The van der Waals surface area contributed by atoms with Crippen LogP contribution in [0.25, 0.3) is 0 Å². The first-order chi connectivity index (χ1) is 10.4. The van der Waals surface area contributed by atoms with Crippen molar-refractivity contribution in [2.24, 2.45) is 0 Å². The molecule has 0 fully saturated rings. The van der Waals surface area contributed by atoms with Gasteiger partial charge in [-0.3, -0.25) is 0 Å². The molecular weight excluding hydrogens is 430 g/mol. The van der Waals surface area contributed by atoms with Crippen LogP contribution in [0.1, 0.15) is 0 Å². The molecule has 0 aromatic rings. The molecule has 0 radical (unpaired) electrons.